The van der Waals surface area contributed by atoms with Gasteiger partial charge in [0.1, 0.15) is 6.33 Å². The van der Waals surface area contributed by atoms with Crippen LogP contribution in [0.4, 0.5) is 30.5 Å². The highest BCUT2D eigenvalue weighted by molar-refractivity contribution is 6.04. The summed E-state index contributed by atoms with van der Waals surface area (Å²) >= 11 is 0. The van der Waals surface area contributed by atoms with Crippen molar-refractivity contribution in [1.29, 1.82) is 0 Å². The van der Waals surface area contributed by atoms with Crippen molar-refractivity contribution in [2.75, 3.05) is 44.9 Å². The minimum absolute atomic E-state index is 0. The van der Waals surface area contributed by atoms with E-state index in [0.717, 1.165) is 17.2 Å². The van der Waals surface area contributed by atoms with Crippen LogP contribution in [0.25, 0.3) is 11.3 Å². The number of likely N-dealkylation sites (tertiary alicyclic amines) is 1. The average Bonchev–Trinajstić information content (AvgIpc) is 3.42. The number of halogens is 4. The van der Waals surface area contributed by atoms with Crippen molar-refractivity contribution in [2.45, 2.75) is 31.8 Å². The number of anilines is 3. The number of likely N-dealkylation sites (N-methyl/N-ethyl adjacent to an activating group) is 1. The molecule has 3 heterocycles. The summed E-state index contributed by atoms with van der Waals surface area (Å²) in [4.78, 5) is 33.9. The highest BCUT2D eigenvalue weighted by Gasteiger charge is 2.38. The molecule has 1 amide bonds. The third-order valence-corrected chi connectivity index (χ3v) is 7.60. The van der Waals surface area contributed by atoms with Gasteiger partial charge in [-0.05, 0) is 62.5 Å². The molecular formula is C31H34ClF3N8O2. The monoisotopic (exact) mass is 642 g/mol. The van der Waals surface area contributed by atoms with E-state index in [0.29, 0.717) is 36.1 Å². The molecule has 45 heavy (non-hydrogen) atoms. The molecule has 0 bridgehead atoms. The summed E-state index contributed by atoms with van der Waals surface area (Å²) in [5.74, 6) is -0.345. The van der Waals surface area contributed by atoms with E-state index in [4.69, 9.17) is 4.74 Å². The van der Waals surface area contributed by atoms with Gasteiger partial charge in [-0.1, -0.05) is 12.1 Å². The van der Waals surface area contributed by atoms with Gasteiger partial charge in [-0.2, -0.15) is 13.2 Å². The van der Waals surface area contributed by atoms with E-state index in [1.165, 1.54) is 18.5 Å². The van der Waals surface area contributed by atoms with E-state index >= 15 is 0 Å². The predicted molar refractivity (Wildman–Crippen MR) is 168 cm³/mol. The Morgan fingerprint density at radius 3 is 2.51 bits per heavy atom. The van der Waals surface area contributed by atoms with Crippen molar-refractivity contribution >= 4 is 35.6 Å². The summed E-state index contributed by atoms with van der Waals surface area (Å²) in [5.41, 5.74) is 2.37. The van der Waals surface area contributed by atoms with Crippen molar-refractivity contribution < 1.29 is 22.7 Å². The van der Waals surface area contributed by atoms with Crippen molar-refractivity contribution in [1.82, 2.24) is 29.7 Å². The molecule has 4 aromatic rings. The Morgan fingerprint density at radius 2 is 1.84 bits per heavy atom. The predicted octanol–water partition coefficient (Wildman–Crippen LogP) is 5.44. The van der Waals surface area contributed by atoms with Gasteiger partial charge < -0.3 is 20.3 Å². The molecule has 1 aliphatic rings. The first kappa shape index (κ1) is 33.7. The SMILES string of the molecule is CO[C@H]1CN(Cc2ccc(C(=O)Nc3ccc(C)c(Nc4nccc(-c5cncnc5)n4)c3)cc2C(F)(F)F)C[C@@H]1N(C)C.Cl. The van der Waals surface area contributed by atoms with E-state index in [1.807, 2.05) is 30.8 Å². The van der Waals surface area contributed by atoms with E-state index in [2.05, 4.69) is 30.6 Å². The quantitative estimate of drug-likeness (QED) is 0.247. The fourth-order valence-electron chi connectivity index (χ4n) is 5.22. The Hall–Kier alpha value is -4.17. The number of methoxy groups -OCH3 is 1. The van der Waals surface area contributed by atoms with Gasteiger partial charge in [-0.3, -0.25) is 9.69 Å². The molecule has 0 radical (unpaired) electrons. The Morgan fingerprint density at radius 1 is 1.09 bits per heavy atom. The van der Waals surface area contributed by atoms with Crippen molar-refractivity contribution in [3.8, 4) is 11.3 Å². The standard InChI is InChI=1S/C31H33F3N8O2.ClH/c1-19-5-8-23(12-26(19)40-30-37-10-9-25(39-30)22-13-35-18-36-14-22)38-29(43)20-6-7-21(24(11-20)31(32,33)34)15-42-16-27(41(2)3)28(17-42)44-4;/h5-14,18,27-28H,15-17H2,1-4H3,(H,38,43)(H,37,39,40);1H/t27-,28-;/m0./s1. The second kappa shape index (κ2) is 14.3. The van der Waals surface area contributed by atoms with Gasteiger partial charge in [0, 0.05) is 73.9 Å². The number of hydrogen-bond acceptors (Lipinski definition) is 9. The molecule has 1 aliphatic heterocycles. The number of ether oxygens (including phenoxy) is 1. The summed E-state index contributed by atoms with van der Waals surface area (Å²) in [6, 6.07) is 10.7. The zero-order valence-corrected chi connectivity index (χ0v) is 26.0. The van der Waals surface area contributed by atoms with Gasteiger partial charge >= 0.3 is 6.18 Å². The molecule has 0 spiro atoms. The maximum Gasteiger partial charge on any atom is 0.416 e. The molecule has 0 unspecified atom stereocenters. The molecule has 2 atom stereocenters. The summed E-state index contributed by atoms with van der Waals surface area (Å²) in [7, 11) is 5.46. The molecule has 10 nitrogen and oxygen atoms in total. The zero-order valence-electron chi connectivity index (χ0n) is 25.2. The number of rotatable bonds is 9. The first-order valence-electron chi connectivity index (χ1n) is 13.9. The highest BCUT2D eigenvalue weighted by Crippen LogP contribution is 2.34. The number of nitrogens with zero attached hydrogens (tertiary/aromatic N) is 6. The Balaban J connectivity index is 0.00000461. The van der Waals surface area contributed by atoms with Crippen LogP contribution in [0.1, 0.15) is 27.0 Å². The number of alkyl halides is 3. The summed E-state index contributed by atoms with van der Waals surface area (Å²) < 4.78 is 48.1. The maximum atomic E-state index is 14.2. The van der Waals surface area contributed by atoms with Gasteiger partial charge in [0.25, 0.3) is 5.91 Å². The van der Waals surface area contributed by atoms with E-state index in [-0.39, 0.29) is 42.2 Å². The molecule has 14 heteroatoms. The number of carbonyl (C=O) groups is 1. The maximum absolute atomic E-state index is 14.2. The van der Waals surface area contributed by atoms with Crippen LogP contribution in [0.15, 0.2) is 67.4 Å². The van der Waals surface area contributed by atoms with Crippen LogP contribution in [-0.4, -0.2) is 82.1 Å². The lowest BCUT2D eigenvalue weighted by atomic mass is 10.0. The average molecular weight is 643 g/mol. The Bertz CT molecular complexity index is 1620. The number of hydrogen-bond donors (Lipinski definition) is 2. The van der Waals surface area contributed by atoms with Crippen LogP contribution in [0, 0.1) is 6.92 Å². The Kier molecular flexibility index (Phi) is 10.7. The van der Waals surface area contributed by atoms with Gasteiger partial charge in [0.05, 0.1) is 17.4 Å². The number of amides is 1. The highest BCUT2D eigenvalue weighted by atomic mass is 35.5. The summed E-state index contributed by atoms with van der Waals surface area (Å²) in [6.07, 6.45) is 1.57. The fourth-order valence-corrected chi connectivity index (χ4v) is 5.22. The molecule has 2 aromatic heterocycles. The van der Waals surface area contributed by atoms with Crippen molar-refractivity contribution in [2.24, 2.45) is 0 Å². The number of nitrogens with one attached hydrogen (secondary N) is 2. The number of carbonyl (C=O) groups excluding carboxylic acids is 1. The Labute approximate surface area is 265 Å². The lowest BCUT2D eigenvalue weighted by molar-refractivity contribution is -0.138. The molecule has 1 fully saturated rings. The van der Waals surface area contributed by atoms with E-state index < -0.39 is 17.6 Å². The van der Waals surface area contributed by atoms with Gasteiger partial charge in [-0.25, -0.2) is 19.9 Å². The molecule has 0 aliphatic carbocycles. The molecule has 2 N–H and O–H groups in total. The molecule has 1 saturated heterocycles. The van der Waals surface area contributed by atoms with Crippen LogP contribution < -0.4 is 10.6 Å². The topological polar surface area (TPSA) is 108 Å². The first-order chi connectivity index (χ1) is 21.0. The molecule has 5 rings (SSSR count). The van der Waals surface area contributed by atoms with Gasteiger partial charge in [-0.15, -0.1) is 12.4 Å². The van der Waals surface area contributed by atoms with E-state index in [9.17, 15) is 18.0 Å². The molecule has 0 saturated carbocycles. The summed E-state index contributed by atoms with van der Waals surface area (Å²) in [5, 5.41) is 5.86. The van der Waals surface area contributed by atoms with Crippen LogP contribution in [0.5, 0.6) is 0 Å². The third-order valence-electron chi connectivity index (χ3n) is 7.60. The first-order valence-corrected chi connectivity index (χ1v) is 13.9. The minimum Gasteiger partial charge on any atom is -0.378 e. The second-order valence-electron chi connectivity index (χ2n) is 10.9. The molecule has 2 aromatic carbocycles. The van der Waals surface area contributed by atoms with Gasteiger partial charge in [0.2, 0.25) is 5.95 Å². The van der Waals surface area contributed by atoms with E-state index in [1.54, 1.807) is 50.0 Å². The van der Waals surface area contributed by atoms with Crippen molar-refractivity contribution in [3.05, 3.63) is 89.6 Å². The lowest BCUT2D eigenvalue weighted by Crippen LogP contribution is -2.39. The largest absolute Gasteiger partial charge is 0.416 e. The van der Waals surface area contributed by atoms with Crippen molar-refractivity contribution in [3.63, 3.8) is 0 Å². The minimum atomic E-state index is -4.63. The van der Waals surface area contributed by atoms with Crippen LogP contribution in [0.3, 0.4) is 0 Å². The van der Waals surface area contributed by atoms with Gasteiger partial charge in [0.15, 0.2) is 0 Å². The summed E-state index contributed by atoms with van der Waals surface area (Å²) in [6.45, 7) is 3.05. The normalized spacial score (nSPS) is 16.8. The second-order valence-corrected chi connectivity index (χ2v) is 10.9. The number of aryl methyl sites for hydroxylation is 1. The van der Waals surface area contributed by atoms with Crippen LogP contribution >= 0.6 is 12.4 Å². The molecule has 238 valence electrons. The van der Waals surface area contributed by atoms with Crippen LogP contribution in [-0.2, 0) is 17.5 Å². The smallest absolute Gasteiger partial charge is 0.378 e. The number of benzene rings is 2. The fraction of sp³-hybridized carbons (Fsp3) is 0.323. The third kappa shape index (κ3) is 8.11. The lowest BCUT2D eigenvalue weighted by Gasteiger charge is -2.24. The zero-order chi connectivity index (χ0) is 31.4. The number of aromatic nitrogens is 4. The van der Waals surface area contributed by atoms with Crippen LogP contribution in [0.2, 0.25) is 0 Å². The molecular weight excluding hydrogens is 609 g/mol.